The number of carbonyl (C=O) groups excluding carboxylic acids is 2. The number of carbonyl (C=O) groups is 2. The van der Waals surface area contributed by atoms with Gasteiger partial charge in [0.1, 0.15) is 5.00 Å². The molecule has 20 heavy (non-hydrogen) atoms. The summed E-state index contributed by atoms with van der Waals surface area (Å²) in [6, 6.07) is -0.0166. The number of hydrogen-bond donors (Lipinski definition) is 2. The standard InChI is InChI=1S/C14H22N2O3S/c1-5-19-14(18)12-9(3)10(4)20-13(12)16-11(17)7-6-8(2)15/h8H,5-7,15H2,1-4H3,(H,16,17). The molecule has 112 valence electrons. The van der Waals surface area contributed by atoms with E-state index in [1.165, 1.54) is 11.3 Å². The van der Waals surface area contributed by atoms with Crippen LogP contribution >= 0.6 is 11.3 Å². The molecule has 0 spiro atoms. The molecule has 1 aromatic rings. The van der Waals surface area contributed by atoms with Crippen LogP contribution in [0.3, 0.4) is 0 Å². The summed E-state index contributed by atoms with van der Waals surface area (Å²) in [5.41, 5.74) is 6.95. The number of rotatable bonds is 6. The molecule has 3 N–H and O–H groups in total. The highest BCUT2D eigenvalue weighted by molar-refractivity contribution is 7.16. The molecular weight excluding hydrogens is 276 g/mol. The zero-order chi connectivity index (χ0) is 15.3. The molecule has 1 rings (SSSR count). The molecule has 0 saturated heterocycles. The zero-order valence-corrected chi connectivity index (χ0v) is 13.2. The predicted molar refractivity (Wildman–Crippen MR) is 81.3 cm³/mol. The van der Waals surface area contributed by atoms with Gasteiger partial charge in [-0.3, -0.25) is 4.79 Å². The van der Waals surface area contributed by atoms with Gasteiger partial charge in [-0.2, -0.15) is 0 Å². The van der Waals surface area contributed by atoms with Crippen molar-refractivity contribution in [2.24, 2.45) is 5.73 Å². The van der Waals surface area contributed by atoms with Crippen LogP contribution in [-0.2, 0) is 9.53 Å². The maximum Gasteiger partial charge on any atom is 0.341 e. The summed E-state index contributed by atoms with van der Waals surface area (Å²) < 4.78 is 5.04. The Hall–Kier alpha value is -1.40. The van der Waals surface area contributed by atoms with Gasteiger partial charge in [0.15, 0.2) is 0 Å². The number of nitrogens with two attached hydrogens (primary N) is 1. The molecule has 0 aliphatic rings. The Kier molecular flexibility index (Phi) is 6.16. The molecule has 0 aromatic carbocycles. The second-order valence-corrected chi connectivity index (χ2v) is 6.00. The Balaban J connectivity index is 2.87. The topological polar surface area (TPSA) is 81.4 Å². The molecule has 1 aromatic heterocycles. The van der Waals surface area contributed by atoms with E-state index in [2.05, 4.69) is 5.32 Å². The predicted octanol–water partition coefficient (Wildman–Crippen LogP) is 2.61. The molecule has 5 nitrogen and oxygen atoms in total. The fourth-order valence-electron chi connectivity index (χ4n) is 1.71. The van der Waals surface area contributed by atoms with E-state index in [0.717, 1.165) is 10.4 Å². The van der Waals surface area contributed by atoms with Crippen molar-refractivity contribution in [2.75, 3.05) is 11.9 Å². The van der Waals surface area contributed by atoms with Crippen LogP contribution in [0.5, 0.6) is 0 Å². The van der Waals surface area contributed by atoms with E-state index in [1.807, 2.05) is 20.8 Å². The number of thiophene rings is 1. The summed E-state index contributed by atoms with van der Waals surface area (Å²) in [6.07, 6.45) is 0.958. The van der Waals surface area contributed by atoms with Crippen molar-refractivity contribution in [1.29, 1.82) is 0 Å². The Morgan fingerprint density at radius 1 is 1.40 bits per heavy atom. The van der Waals surface area contributed by atoms with E-state index in [4.69, 9.17) is 10.5 Å². The van der Waals surface area contributed by atoms with Crippen LogP contribution in [-0.4, -0.2) is 24.5 Å². The highest BCUT2D eigenvalue weighted by atomic mass is 32.1. The van der Waals surface area contributed by atoms with E-state index in [0.29, 0.717) is 30.0 Å². The molecule has 0 aliphatic heterocycles. The van der Waals surface area contributed by atoms with Crippen molar-refractivity contribution in [1.82, 2.24) is 0 Å². The van der Waals surface area contributed by atoms with Crippen LogP contribution < -0.4 is 11.1 Å². The first-order chi connectivity index (χ1) is 9.36. The lowest BCUT2D eigenvalue weighted by Crippen LogP contribution is -2.20. The minimum atomic E-state index is -0.392. The second kappa shape index (κ2) is 7.40. The van der Waals surface area contributed by atoms with E-state index >= 15 is 0 Å². The first kappa shape index (κ1) is 16.7. The zero-order valence-electron chi connectivity index (χ0n) is 12.4. The minimum absolute atomic E-state index is 0.0166. The summed E-state index contributed by atoms with van der Waals surface area (Å²) in [6.45, 7) is 7.70. The summed E-state index contributed by atoms with van der Waals surface area (Å²) in [4.78, 5) is 24.8. The van der Waals surface area contributed by atoms with Gasteiger partial charge in [0.25, 0.3) is 0 Å². The van der Waals surface area contributed by atoms with Gasteiger partial charge in [0, 0.05) is 17.3 Å². The molecule has 0 radical (unpaired) electrons. The van der Waals surface area contributed by atoms with Crippen molar-refractivity contribution in [3.63, 3.8) is 0 Å². The number of amides is 1. The van der Waals surface area contributed by atoms with Gasteiger partial charge in [0.05, 0.1) is 12.2 Å². The number of anilines is 1. The van der Waals surface area contributed by atoms with E-state index in [9.17, 15) is 9.59 Å². The monoisotopic (exact) mass is 298 g/mol. The number of nitrogens with one attached hydrogen (secondary N) is 1. The van der Waals surface area contributed by atoms with E-state index in [1.54, 1.807) is 6.92 Å². The quantitative estimate of drug-likeness (QED) is 0.791. The van der Waals surface area contributed by atoms with Gasteiger partial charge >= 0.3 is 5.97 Å². The molecule has 1 heterocycles. The molecule has 1 unspecified atom stereocenters. The smallest absolute Gasteiger partial charge is 0.341 e. The SMILES string of the molecule is CCOC(=O)c1c(NC(=O)CCC(C)N)sc(C)c1C. The molecule has 0 saturated carbocycles. The maximum atomic E-state index is 12.0. The third-order valence-electron chi connectivity index (χ3n) is 2.94. The van der Waals surface area contributed by atoms with Crippen LogP contribution in [0.4, 0.5) is 5.00 Å². The number of aryl methyl sites for hydroxylation is 1. The van der Waals surface area contributed by atoms with Gasteiger partial charge in [-0.05, 0) is 39.7 Å². The van der Waals surface area contributed by atoms with Gasteiger partial charge in [-0.15, -0.1) is 11.3 Å². The summed E-state index contributed by atoms with van der Waals surface area (Å²) in [5.74, 6) is -0.522. The van der Waals surface area contributed by atoms with Crippen LogP contribution in [0.25, 0.3) is 0 Å². The summed E-state index contributed by atoms with van der Waals surface area (Å²) in [7, 11) is 0. The fourth-order valence-corrected chi connectivity index (χ4v) is 2.78. The molecule has 1 amide bonds. The number of ether oxygens (including phenoxy) is 1. The van der Waals surface area contributed by atoms with Crippen molar-refractivity contribution >= 4 is 28.2 Å². The normalized spacial score (nSPS) is 12.1. The molecule has 1 atom stereocenters. The van der Waals surface area contributed by atoms with Gasteiger partial charge in [0.2, 0.25) is 5.91 Å². The van der Waals surface area contributed by atoms with Crippen LogP contribution in [0.15, 0.2) is 0 Å². The third kappa shape index (κ3) is 4.31. The lowest BCUT2D eigenvalue weighted by Gasteiger charge is -2.08. The Morgan fingerprint density at radius 3 is 2.60 bits per heavy atom. The Morgan fingerprint density at radius 2 is 2.05 bits per heavy atom. The number of esters is 1. The van der Waals surface area contributed by atoms with Crippen molar-refractivity contribution < 1.29 is 14.3 Å². The second-order valence-electron chi connectivity index (χ2n) is 4.77. The molecule has 6 heteroatoms. The van der Waals surface area contributed by atoms with Crippen LogP contribution in [0.2, 0.25) is 0 Å². The molecular formula is C14H22N2O3S. The van der Waals surface area contributed by atoms with E-state index < -0.39 is 5.97 Å². The first-order valence-electron chi connectivity index (χ1n) is 6.69. The largest absolute Gasteiger partial charge is 0.462 e. The average Bonchev–Trinajstić information content (AvgIpc) is 2.62. The van der Waals surface area contributed by atoms with Crippen molar-refractivity contribution in [2.45, 2.75) is 46.6 Å². The van der Waals surface area contributed by atoms with Crippen LogP contribution in [0, 0.1) is 13.8 Å². The average molecular weight is 298 g/mol. The summed E-state index contributed by atoms with van der Waals surface area (Å²) in [5, 5.41) is 3.35. The molecule has 0 fully saturated rings. The summed E-state index contributed by atoms with van der Waals surface area (Å²) >= 11 is 1.39. The van der Waals surface area contributed by atoms with Gasteiger partial charge in [-0.1, -0.05) is 0 Å². The molecule has 0 aliphatic carbocycles. The lowest BCUT2D eigenvalue weighted by molar-refractivity contribution is -0.116. The number of hydrogen-bond acceptors (Lipinski definition) is 5. The third-order valence-corrected chi connectivity index (χ3v) is 4.07. The van der Waals surface area contributed by atoms with E-state index in [-0.39, 0.29) is 11.9 Å². The Labute approximate surface area is 123 Å². The Bertz CT molecular complexity index is 495. The lowest BCUT2D eigenvalue weighted by atomic mass is 10.1. The van der Waals surface area contributed by atoms with Crippen molar-refractivity contribution in [3.05, 3.63) is 16.0 Å². The van der Waals surface area contributed by atoms with Gasteiger partial charge in [-0.25, -0.2) is 4.79 Å². The highest BCUT2D eigenvalue weighted by Gasteiger charge is 2.21. The fraction of sp³-hybridized carbons (Fsp3) is 0.571. The van der Waals surface area contributed by atoms with Gasteiger partial charge < -0.3 is 15.8 Å². The molecule has 0 bridgehead atoms. The highest BCUT2D eigenvalue weighted by Crippen LogP contribution is 2.33. The first-order valence-corrected chi connectivity index (χ1v) is 7.51. The van der Waals surface area contributed by atoms with Crippen molar-refractivity contribution in [3.8, 4) is 0 Å². The maximum absolute atomic E-state index is 12.0. The van der Waals surface area contributed by atoms with Crippen LogP contribution in [0.1, 0.15) is 47.5 Å². The minimum Gasteiger partial charge on any atom is -0.462 e.